The number of carbonyl (C=O) groups is 1. The van der Waals surface area contributed by atoms with Gasteiger partial charge >= 0.3 is 0 Å². The SMILES string of the molecule is CCNC(=O)c1c(C)nc(N)nc1COc1ccc(Cl)cc1. The summed E-state index contributed by atoms with van der Waals surface area (Å²) in [4.78, 5) is 20.3. The molecule has 1 aromatic carbocycles. The Kier molecular flexibility index (Phi) is 5.16. The van der Waals surface area contributed by atoms with Gasteiger partial charge in [-0.3, -0.25) is 4.79 Å². The molecule has 22 heavy (non-hydrogen) atoms. The zero-order valence-electron chi connectivity index (χ0n) is 12.4. The number of anilines is 1. The molecule has 1 amide bonds. The van der Waals surface area contributed by atoms with Crippen molar-refractivity contribution in [1.82, 2.24) is 15.3 Å². The van der Waals surface area contributed by atoms with E-state index >= 15 is 0 Å². The van der Waals surface area contributed by atoms with Gasteiger partial charge < -0.3 is 15.8 Å². The Bertz CT molecular complexity index is 674. The molecule has 2 rings (SSSR count). The molecule has 0 radical (unpaired) electrons. The van der Waals surface area contributed by atoms with E-state index in [4.69, 9.17) is 22.1 Å². The lowest BCUT2D eigenvalue weighted by Crippen LogP contribution is -2.26. The van der Waals surface area contributed by atoms with Crippen molar-refractivity contribution < 1.29 is 9.53 Å². The number of hydrogen-bond acceptors (Lipinski definition) is 5. The zero-order chi connectivity index (χ0) is 16.1. The summed E-state index contributed by atoms with van der Waals surface area (Å²) in [5.41, 5.74) is 7.03. The van der Waals surface area contributed by atoms with Crippen LogP contribution in [0.25, 0.3) is 0 Å². The van der Waals surface area contributed by atoms with Gasteiger partial charge in [-0.2, -0.15) is 0 Å². The van der Waals surface area contributed by atoms with E-state index in [1.165, 1.54) is 0 Å². The van der Waals surface area contributed by atoms with Crippen LogP contribution in [0, 0.1) is 6.92 Å². The number of nitrogen functional groups attached to an aromatic ring is 1. The molecule has 7 heteroatoms. The van der Waals surface area contributed by atoms with Crippen LogP contribution in [-0.2, 0) is 6.61 Å². The van der Waals surface area contributed by atoms with E-state index < -0.39 is 0 Å². The molecule has 1 heterocycles. The standard InChI is InChI=1S/C15H17ClN4O2/c1-3-18-14(21)13-9(2)19-15(17)20-12(13)8-22-11-6-4-10(16)5-7-11/h4-7H,3,8H2,1-2H3,(H,18,21)(H2,17,19,20). The summed E-state index contributed by atoms with van der Waals surface area (Å²) in [5.74, 6) is 0.496. The minimum atomic E-state index is -0.241. The smallest absolute Gasteiger partial charge is 0.255 e. The number of carbonyl (C=O) groups excluding carboxylic acids is 1. The molecule has 6 nitrogen and oxygen atoms in total. The quantitative estimate of drug-likeness (QED) is 0.882. The largest absolute Gasteiger partial charge is 0.487 e. The molecule has 0 spiro atoms. The average Bonchev–Trinajstić information content (AvgIpc) is 2.46. The second-order valence-corrected chi connectivity index (χ2v) is 5.03. The summed E-state index contributed by atoms with van der Waals surface area (Å²) in [6, 6.07) is 6.93. The summed E-state index contributed by atoms with van der Waals surface area (Å²) in [6.45, 7) is 4.19. The Morgan fingerprint density at radius 3 is 2.64 bits per heavy atom. The van der Waals surface area contributed by atoms with Gasteiger partial charge in [0.2, 0.25) is 5.95 Å². The number of aromatic nitrogens is 2. The van der Waals surface area contributed by atoms with Crippen LogP contribution in [0.15, 0.2) is 24.3 Å². The maximum absolute atomic E-state index is 12.1. The molecule has 2 aromatic rings. The van der Waals surface area contributed by atoms with Crippen LogP contribution in [0.1, 0.15) is 28.7 Å². The molecule has 0 saturated carbocycles. The number of nitrogens with one attached hydrogen (secondary N) is 1. The third kappa shape index (κ3) is 3.85. The molecule has 0 unspecified atom stereocenters. The number of ether oxygens (including phenoxy) is 1. The molecule has 1 aromatic heterocycles. The Morgan fingerprint density at radius 1 is 1.32 bits per heavy atom. The molecule has 0 bridgehead atoms. The van der Waals surface area contributed by atoms with Crippen LogP contribution in [0.2, 0.25) is 5.02 Å². The zero-order valence-corrected chi connectivity index (χ0v) is 13.1. The lowest BCUT2D eigenvalue weighted by molar-refractivity contribution is 0.0951. The van der Waals surface area contributed by atoms with Gasteiger partial charge in [0.15, 0.2) is 0 Å². The van der Waals surface area contributed by atoms with Gasteiger partial charge in [0.1, 0.15) is 12.4 Å². The Labute approximate surface area is 133 Å². The predicted molar refractivity (Wildman–Crippen MR) is 85.0 cm³/mol. The van der Waals surface area contributed by atoms with Gasteiger partial charge in [-0.15, -0.1) is 0 Å². The first-order valence-corrected chi connectivity index (χ1v) is 7.18. The van der Waals surface area contributed by atoms with Crippen molar-refractivity contribution in [2.75, 3.05) is 12.3 Å². The molecular formula is C15H17ClN4O2. The molecule has 0 atom stereocenters. The van der Waals surface area contributed by atoms with Crippen molar-refractivity contribution in [3.8, 4) is 5.75 Å². The van der Waals surface area contributed by atoms with E-state index in [1.807, 2.05) is 6.92 Å². The van der Waals surface area contributed by atoms with Crippen molar-refractivity contribution in [3.63, 3.8) is 0 Å². The fourth-order valence-electron chi connectivity index (χ4n) is 1.99. The molecule has 0 aliphatic heterocycles. The maximum atomic E-state index is 12.1. The molecular weight excluding hydrogens is 304 g/mol. The summed E-state index contributed by atoms with van der Waals surface area (Å²) >= 11 is 5.83. The van der Waals surface area contributed by atoms with E-state index in [-0.39, 0.29) is 18.5 Å². The molecule has 0 aliphatic carbocycles. The number of aryl methyl sites for hydroxylation is 1. The van der Waals surface area contributed by atoms with Crippen LogP contribution < -0.4 is 15.8 Å². The summed E-state index contributed by atoms with van der Waals surface area (Å²) in [5, 5.41) is 3.36. The average molecular weight is 321 g/mol. The molecule has 0 fully saturated rings. The first-order chi connectivity index (χ1) is 10.5. The van der Waals surface area contributed by atoms with Crippen molar-refractivity contribution in [1.29, 1.82) is 0 Å². The number of rotatable bonds is 5. The molecule has 3 N–H and O–H groups in total. The van der Waals surface area contributed by atoms with Gasteiger partial charge in [-0.05, 0) is 38.1 Å². The fraction of sp³-hybridized carbons (Fsp3) is 0.267. The van der Waals surface area contributed by atoms with Gasteiger partial charge in [0.25, 0.3) is 5.91 Å². The van der Waals surface area contributed by atoms with E-state index in [0.717, 1.165) is 0 Å². The monoisotopic (exact) mass is 320 g/mol. The third-order valence-electron chi connectivity index (χ3n) is 2.94. The lowest BCUT2D eigenvalue weighted by atomic mass is 10.1. The maximum Gasteiger partial charge on any atom is 0.255 e. The van der Waals surface area contributed by atoms with Crippen LogP contribution in [0.4, 0.5) is 5.95 Å². The number of hydrogen-bond donors (Lipinski definition) is 2. The molecule has 0 aliphatic rings. The third-order valence-corrected chi connectivity index (χ3v) is 3.19. The van der Waals surface area contributed by atoms with Gasteiger partial charge in [-0.25, -0.2) is 9.97 Å². The van der Waals surface area contributed by atoms with Crippen molar-refractivity contribution in [2.45, 2.75) is 20.5 Å². The first kappa shape index (κ1) is 16.0. The highest BCUT2D eigenvalue weighted by Crippen LogP contribution is 2.19. The van der Waals surface area contributed by atoms with E-state index in [9.17, 15) is 4.79 Å². The van der Waals surface area contributed by atoms with Crippen LogP contribution in [0.3, 0.4) is 0 Å². The first-order valence-electron chi connectivity index (χ1n) is 6.80. The van der Waals surface area contributed by atoms with Crippen LogP contribution in [0.5, 0.6) is 5.75 Å². The highest BCUT2D eigenvalue weighted by atomic mass is 35.5. The summed E-state index contributed by atoms with van der Waals surface area (Å²) in [7, 11) is 0. The fourth-order valence-corrected chi connectivity index (χ4v) is 2.11. The second kappa shape index (κ2) is 7.09. The van der Waals surface area contributed by atoms with Crippen molar-refractivity contribution in [3.05, 3.63) is 46.2 Å². The predicted octanol–water partition coefficient (Wildman–Crippen LogP) is 2.35. The number of amides is 1. The number of nitrogens with zero attached hydrogens (tertiary/aromatic N) is 2. The van der Waals surface area contributed by atoms with E-state index in [0.29, 0.717) is 34.3 Å². The summed E-state index contributed by atoms with van der Waals surface area (Å²) in [6.07, 6.45) is 0. The minimum Gasteiger partial charge on any atom is -0.487 e. The van der Waals surface area contributed by atoms with E-state index in [2.05, 4.69) is 15.3 Å². The molecule has 116 valence electrons. The number of benzene rings is 1. The highest BCUT2D eigenvalue weighted by Gasteiger charge is 2.18. The normalized spacial score (nSPS) is 10.3. The highest BCUT2D eigenvalue weighted by molar-refractivity contribution is 6.30. The van der Waals surface area contributed by atoms with Gasteiger partial charge in [0.05, 0.1) is 17.0 Å². The Morgan fingerprint density at radius 2 is 2.00 bits per heavy atom. The topological polar surface area (TPSA) is 90.1 Å². The van der Waals surface area contributed by atoms with Crippen molar-refractivity contribution in [2.24, 2.45) is 0 Å². The number of nitrogens with two attached hydrogens (primary N) is 1. The number of halogens is 1. The minimum absolute atomic E-state index is 0.111. The van der Waals surface area contributed by atoms with Crippen LogP contribution in [-0.4, -0.2) is 22.4 Å². The Balaban J connectivity index is 2.25. The molecule has 0 saturated heterocycles. The second-order valence-electron chi connectivity index (χ2n) is 4.59. The van der Waals surface area contributed by atoms with Crippen LogP contribution >= 0.6 is 11.6 Å². The summed E-state index contributed by atoms with van der Waals surface area (Å²) < 4.78 is 5.64. The lowest BCUT2D eigenvalue weighted by Gasteiger charge is -2.12. The van der Waals surface area contributed by atoms with Crippen molar-refractivity contribution >= 4 is 23.5 Å². The van der Waals surface area contributed by atoms with Gasteiger partial charge in [0, 0.05) is 11.6 Å². The Hall–Kier alpha value is -2.34. The van der Waals surface area contributed by atoms with E-state index in [1.54, 1.807) is 31.2 Å². The van der Waals surface area contributed by atoms with Gasteiger partial charge in [-0.1, -0.05) is 11.6 Å².